The highest BCUT2D eigenvalue weighted by Gasteiger charge is 2.49. The second kappa shape index (κ2) is 6.26. The van der Waals surface area contributed by atoms with Gasteiger partial charge in [-0.25, -0.2) is 4.79 Å². The van der Waals surface area contributed by atoms with Crippen molar-refractivity contribution in [3.05, 3.63) is 35.9 Å². The Hall–Kier alpha value is -1.88. The van der Waals surface area contributed by atoms with E-state index < -0.39 is 17.6 Å². The van der Waals surface area contributed by atoms with E-state index >= 15 is 0 Å². The number of amides is 1. The van der Waals surface area contributed by atoms with E-state index in [0.29, 0.717) is 32.2 Å². The van der Waals surface area contributed by atoms with E-state index in [1.54, 1.807) is 0 Å². The van der Waals surface area contributed by atoms with Crippen molar-refractivity contribution in [3.8, 4) is 0 Å². The fraction of sp³-hybridized carbons (Fsp3) is 0.500. The number of likely N-dealkylation sites (tertiary alicyclic amines) is 1. The Labute approximate surface area is 124 Å². The molecular weight excluding hydrogens is 268 g/mol. The molecule has 1 saturated heterocycles. The Bertz CT molecular complexity index is 518. The van der Waals surface area contributed by atoms with Gasteiger partial charge in [0.05, 0.1) is 6.04 Å². The van der Waals surface area contributed by atoms with E-state index in [1.807, 2.05) is 37.3 Å². The Balaban J connectivity index is 2.13. The van der Waals surface area contributed by atoms with E-state index in [0.717, 1.165) is 5.56 Å². The van der Waals surface area contributed by atoms with E-state index in [9.17, 15) is 14.7 Å². The second-order valence-corrected chi connectivity index (χ2v) is 5.58. The van der Waals surface area contributed by atoms with Gasteiger partial charge in [0.15, 0.2) is 0 Å². The number of nitrogens with zero attached hydrogens (tertiary/aromatic N) is 1. The number of aliphatic carboxylic acids is 1. The third-order valence-corrected chi connectivity index (χ3v) is 4.35. The number of carbonyl (C=O) groups is 2. The number of hydrogen-bond acceptors (Lipinski definition) is 3. The van der Waals surface area contributed by atoms with Gasteiger partial charge in [0.1, 0.15) is 5.54 Å². The molecule has 3 N–H and O–H groups in total. The Kier molecular flexibility index (Phi) is 4.63. The van der Waals surface area contributed by atoms with Gasteiger partial charge in [-0.05, 0) is 31.2 Å². The van der Waals surface area contributed by atoms with Crippen molar-refractivity contribution < 1.29 is 14.7 Å². The maximum atomic E-state index is 12.6. The molecule has 5 heteroatoms. The normalized spacial score (nSPS) is 23.0. The summed E-state index contributed by atoms with van der Waals surface area (Å²) < 4.78 is 0. The number of benzene rings is 1. The first-order valence-corrected chi connectivity index (χ1v) is 7.35. The van der Waals surface area contributed by atoms with Crippen LogP contribution in [0, 0.1) is 0 Å². The Morgan fingerprint density at radius 1 is 1.38 bits per heavy atom. The van der Waals surface area contributed by atoms with Crippen LogP contribution in [0.25, 0.3) is 0 Å². The monoisotopic (exact) mass is 290 g/mol. The van der Waals surface area contributed by atoms with Crippen LogP contribution < -0.4 is 5.73 Å². The molecule has 1 aromatic carbocycles. The highest BCUT2D eigenvalue weighted by Crippen LogP contribution is 2.33. The molecular formula is C16H22N2O3. The lowest BCUT2D eigenvalue weighted by Crippen LogP contribution is -2.57. The zero-order chi connectivity index (χ0) is 15.5. The number of carboxylic acids is 1. The maximum absolute atomic E-state index is 12.6. The molecule has 1 fully saturated rings. The molecule has 2 unspecified atom stereocenters. The molecule has 0 aromatic heterocycles. The minimum Gasteiger partial charge on any atom is -0.479 e. The fourth-order valence-corrected chi connectivity index (χ4v) is 3.10. The molecule has 1 aliphatic rings. The summed E-state index contributed by atoms with van der Waals surface area (Å²) in [7, 11) is 0. The predicted molar refractivity (Wildman–Crippen MR) is 79.7 cm³/mol. The summed E-state index contributed by atoms with van der Waals surface area (Å²) in [4.78, 5) is 25.7. The summed E-state index contributed by atoms with van der Waals surface area (Å²) in [6, 6.07) is 8.84. The molecule has 1 amide bonds. The van der Waals surface area contributed by atoms with Gasteiger partial charge in [-0.3, -0.25) is 4.79 Å². The van der Waals surface area contributed by atoms with Crippen LogP contribution in [0.15, 0.2) is 30.3 Å². The van der Waals surface area contributed by atoms with Gasteiger partial charge in [-0.15, -0.1) is 0 Å². The van der Waals surface area contributed by atoms with Crippen molar-refractivity contribution in [2.45, 2.75) is 44.2 Å². The van der Waals surface area contributed by atoms with Gasteiger partial charge in [0.25, 0.3) is 0 Å². The van der Waals surface area contributed by atoms with Crippen LogP contribution in [0.4, 0.5) is 0 Å². The number of carbonyl (C=O) groups excluding carboxylic acids is 1. The van der Waals surface area contributed by atoms with Crippen LogP contribution in [0.1, 0.15) is 31.7 Å². The molecule has 1 aromatic rings. The SMILES string of the molecule is CCC1(C(=O)O)CCCN1C(=O)C(N)Cc1ccccc1. The average Bonchev–Trinajstić information content (AvgIpc) is 2.92. The molecule has 114 valence electrons. The zero-order valence-corrected chi connectivity index (χ0v) is 12.3. The molecule has 0 spiro atoms. The Morgan fingerprint density at radius 3 is 2.62 bits per heavy atom. The molecule has 0 radical (unpaired) electrons. The molecule has 0 bridgehead atoms. The van der Waals surface area contributed by atoms with Crippen LogP contribution in [-0.4, -0.2) is 40.0 Å². The number of nitrogens with two attached hydrogens (primary N) is 1. The standard InChI is InChI=1S/C16H22N2O3/c1-2-16(15(20)21)9-6-10-18(16)14(19)13(17)11-12-7-4-3-5-8-12/h3-5,7-8,13H,2,6,9-11,17H2,1H3,(H,20,21). The molecule has 5 nitrogen and oxygen atoms in total. The first-order valence-electron chi connectivity index (χ1n) is 7.35. The highest BCUT2D eigenvalue weighted by molar-refractivity contribution is 5.90. The second-order valence-electron chi connectivity index (χ2n) is 5.58. The van der Waals surface area contributed by atoms with Gasteiger partial charge in [-0.2, -0.15) is 0 Å². The number of hydrogen-bond donors (Lipinski definition) is 2. The summed E-state index contributed by atoms with van der Waals surface area (Å²) in [5.74, 6) is -1.19. The van der Waals surface area contributed by atoms with E-state index in [1.165, 1.54) is 4.90 Å². The van der Waals surface area contributed by atoms with Gasteiger partial charge >= 0.3 is 5.97 Å². The van der Waals surface area contributed by atoms with E-state index in [2.05, 4.69) is 0 Å². The van der Waals surface area contributed by atoms with Crippen LogP contribution in [0.3, 0.4) is 0 Å². The molecule has 1 aliphatic heterocycles. The predicted octanol–water partition coefficient (Wildman–Crippen LogP) is 1.41. The summed E-state index contributed by atoms with van der Waals surface area (Å²) >= 11 is 0. The van der Waals surface area contributed by atoms with Crippen molar-refractivity contribution >= 4 is 11.9 Å². The van der Waals surface area contributed by atoms with Crippen molar-refractivity contribution in [1.82, 2.24) is 4.90 Å². The average molecular weight is 290 g/mol. The number of rotatable bonds is 5. The van der Waals surface area contributed by atoms with Gasteiger partial charge in [0.2, 0.25) is 5.91 Å². The summed E-state index contributed by atoms with van der Waals surface area (Å²) in [6.07, 6.45) is 2.05. The van der Waals surface area contributed by atoms with Crippen LogP contribution in [0.2, 0.25) is 0 Å². The molecule has 21 heavy (non-hydrogen) atoms. The lowest BCUT2D eigenvalue weighted by atomic mass is 9.92. The van der Waals surface area contributed by atoms with Crippen molar-refractivity contribution in [2.75, 3.05) is 6.54 Å². The molecule has 2 atom stereocenters. The number of carboxylic acid groups (broad SMARTS) is 1. The Morgan fingerprint density at radius 2 is 2.05 bits per heavy atom. The van der Waals surface area contributed by atoms with Crippen LogP contribution in [-0.2, 0) is 16.0 Å². The topological polar surface area (TPSA) is 83.6 Å². The first-order chi connectivity index (χ1) is 10.0. The quantitative estimate of drug-likeness (QED) is 0.859. The van der Waals surface area contributed by atoms with Crippen LogP contribution >= 0.6 is 0 Å². The van der Waals surface area contributed by atoms with E-state index in [-0.39, 0.29) is 5.91 Å². The molecule has 2 rings (SSSR count). The summed E-state index contributed by atoms with van der Waals surface area (Å²) in [6.45, 7) is 2.28. The summed E-state index contributed by atoms with van der Waals surface area (Å²) in [5.41, 5.74) is 5.92. The largest absolute Gasteiger partial charge is 0.479 e. The third-order valence-electron chi connectivity index (χ3n) is 4.35. The smallest absolute Gasteiger partial charge is 0.329 e. The van der Waals surface area contributed by atoms with Gasteiger partial charge < -0.3 is 15.7 Å². The van der Waals surface area contributed by atoms with Crippen molar-refractivity contribution in [1.29, 1.82) is 0 Å². The van der Waals surface area contributed by atoms with Crippen LogP contribution in [0.5, 0.6) is 0 Å². The van der Waals surface area contributed by atoms with Crippen molar-refractivity contribution in [3.63, 3.8) is 0 Å². The fourth-order valence-electron chi connectivity index (χ4n) is 3.10. The summed E-state index contributed by atoms with van der Waals surface area (Å²) in [5, 5.41) is 9.52. The van der Waals surface area contributed by atoms with Gasteiger partial charge in [-0.1, -0.05) is 37.3 Å². The lowest BCUT2D eigenvalue weighted by Gasteiger charge is -2.35. The molecule has 0 saturated carbocycles. The molecule has 1 heterocycles. The first kappa shape index (κ1) is 15.5. The van der Waals surface area contributed by atoms with Gasteiger partial charge in [0, 0.05) is 6.54 Å². The molecule has 0 aliphatic carbocycles. The minimum absolute atomic E-state index is 0.263. The third kappa shape index (κ3) is 2.93. The maximum Gasteiger partial charge on any atom is 0.329 e. The van der Waals surface area contributed by atoms with Crippen molar-refractivity contribution in [2.24, 2.45) is 5.73 Å². The van der Waals surface area contributed by atoms with E-state index in [4.69, 9.17) is 5.73 Å². The highest BCUT2D eigenvalue weighted by atomic mass is 16.4. The zero-order valence-electron chi connectivity index (χ0n) is 12.3. The lowest BCUT2D eigenvalue weighted by molar-refractivity contribution is -0.157. The minimum atomic E-state index is -1.08.